The predicted octanol–water partition coefficient (Wildman–Crippen LogP) is 7.21. The van der Waals surface area contributed by atoms with Crippen LogP contribution in [0.1, 0.15) is 41.3 Å². The van der Waals surface area contributed by atoms with E-state index in [1.54, 1.807) is 6.07 Å². The van der Waals surface area contributed by atoms with Crippen LogP contribution >= 0.6 is 0 Å². The number of carbonyl (C=O) groups is 1. The first-order chi connectivity index (χ1) is 19.5. The minimum atomic E-state index is -0.0457. The fraction of sp³-hybridized carbons (Fsp3) is 0.118. The first-order valence-electron chi connectivity index (χ1n) is 13.1. The molecule has 6 aromatic rings. The second kappa shape index (κ2) is 10.5. The van der Waals surface area contributed by atoms with Crippen molar-refractivity contribution in [2.75, 3.05) is 6.61 Å². The van der Waals surface area contributed by atoms with Gasteiger partial charge in [-0.2, -0.15) is 0 Å². The first-order valence-corrected chi connectivity index (χ1v) is 13.1. The smallest absolute Gasteiger partial charge is 0.196 e. The highest BCUT2D eigenvalue weighted by Crippen LogP contribution is 2.32. The maximum atomic E-state index is 13.0. The summed E-state index contributed by atoms with van der Waals surface area (Å²) in [6.45, 7) is 4.52. The molecule has 0 aliphatic heterocycles. The van der Waals surface area contributed by atoms with Crippen LogP contribution in [0.2, 0.25) is 0 Å². The number of imidazole rings is 1. The molecule has 2 heterocycles. The lowest BCUT2D eigenvalue weighted by Crippen LogP contribution is -2.00. The van der Waals surface area contributed by atoms with Gasteiger partial charge < -0.3 is 9.72 Å². The van der Waals surface area contributed by atoms with Gasteiger partial charge in [0.1, 0.15) is 12.4 Å². The van der Waals surface area contributed by atoms with Crippen molar-refractivity contribution in [1.82, 2.24) is 19.9 Å². The molecule has 0 atom stereocenters. The standard InChI is InChI=1S/C34H26N4O2/c1-4-18-40-26-15-17-28-27(20-26)31(23-12-10-22(11-13-23)21(2)3)38-34(35-28)33-36-29-16-14-25(19-30(29)37-33)32(39)24-8-6-5-7-9-24/h1,5-17,19-21H,18H2,2-3H3,(H,36,37). The van der Waals surface area contributed by atoms with Crippen LogP contribution in [-0.2, 0) is 0 Å². The maximum absolute atomic E-state index is 13.0. The van der Waals surface area contributed by atoms with Crippen LogP contribution in [0.25, 0.3) is 44.8 Å². The minimum absolute atomic E-state index is 0.0457. The third-order valence-electron chi connectivity index (χ3n) is 6.83. The largest absolute Gasteiger partial charge is 0.481 e. The quantitative estimate of drug-likeness (QED) is 0.177. The van der Waals surface area contributed by atoms with Gasteiger partial charge in [-0.05, 0) is 47.9 Å². The Balaban J connectivity index is 1.45. The van der Waals surface area contributed by atoms with Gasteiger partial charge in [0.2, 0.25) is 0 Å². The SMILES string of the molecule is C#CCOc1ccc2nc(-c3nc4ccc(C(=O)c5ccccc5)cc4[nH]3)nc(-c3ccc(C(C)C)cc3)c2c1. The zero-order valence-corrected chi connectivity index (χ0v) is 22.2. The summed E-state index contributed by atoms with van der Waals surface area (Å²) < 4.78 is 5.68. The normalized spacial score (nSPS) is 11.2. The number of nitrogens with zero attached hydrogens (tertiary/aromatic N) is 3. The number of fused-ring (bicyclic) bond motifs is 2. The number of aromatic amines is 1. The topological polar surface area (TPSA) is 80.8 Å². The predicted molar refractivity (Wildman–Crippen MR) is 158 cm³/mol. The molecule has 0 amide bonds. The molecule has 0 fully saturated rings. The summed E-state index contributed by atoms with van der Waals surface area (Å²) in [4.78, 5) is 30.9. The number of hydrogen-bond donors (Lipinski definition) is 1. The van der Waals surface area contributed by atoms with Crippen molar-refractivity contribution in [3.8, 4) is 41.0 Å². The van der Waals surface area contributed by atoms with Crippen LogP contribution in [-0.4, -0.2) is 32.3 Å². The van der Waals surface area contributed by atoms with E-state index in [1.807, 2.05) is 60.7 Å². The van der Waals surface area contributed by atoms with Gasteiger partial charge in [-0.25, -0.2) is 15.0 Å². The molecule has 0 spiro atoms. The van der Waals surface area contributed by atoms with E-state index in [4.69, 9.17) is 26.1 Å². The molecule has 4 aromatic carbocycles. The average molecular weight is 523 g/mol. The van der Waals surface area contributed by atoms with Crippen LogP contribution in [0.5, 0.6) is 5.75 Å². The number of nitrogens with one attached hydrogen (secondary N) is 1. The Hall–Kier alpha value is -5.28. The average Bonchev–Trinajstić information content (AvgIpc) is 3.43. The summed E-state index contributed by atoms with van der Waals surface area (Å²) in [5.74, 6) is 4.51. The Kier molecular flexibility index (Phi) is 6.55. The highest BCUT2D eigenvalue weighted by molar-refractivity contribution is 6.10. The first kappa shape index (κ1) is 25.0. The molecule has 6 heteroatoms. The van der Waals surface area contributed by atoms with E-state index in [1.165, 1.54) is 5.56 Å². The van der Waals surface area contributed by atoms with E-state index >= 15 is 0 Å². The van der Waals surface area contributed by atoms with Crippen molar-refractivity contribution in [2.45, 2.75) is 19.8 Å². The van der Waals surface area contributed by atoms with Crippen molar-refractivity contribution in [3.63, 3.8) is 0 Å². The molecule has 6 rings (SSSR count). The van der Waals surface area contributed by atoms with Gasteiger partial charge in [0.05, 0.1) is 22.2 Å². The summed E-state index contributed by atoms with van der Waals surface area (Å²) in [5.41, 5.74) is 6.41. The number of ketones is 1. The van der Waals surface area contributed by atoms with Gasteiger partial charge in [0.25, 0.3) is 0 Å². The van der Waals surface area contributed by atoms with E-state index in [9.17, 15) is 4.79 Å². The van der Waals surface area contributed by atoms with Crippen LogP contribution in [0.4, 0.5) is 0 Å². The van der Waals surface area contributed by atoms with Crippen LogP contribution in [0.3, 0.4) is 0 Å². The number of rotatable bonds is 7. The highest BCUT2D eigenvalue weighted by atomic mass is 16.5. The molecule has 194 valence electrons. The molecule has 2 aromatic heterocycles. The van der Waals surface area contributed by atoms with Gasteiger partial charge in [0, 0.05) is 22.1 Å². The number of H-pyrrole nitrogens is 1. The van der Waals surface area contributed by atoms with Crippen molar-refractivity contribution < 1.29 is 9.53 Å². The zero-order valence-electron chi connectivity index (χ0n) is 22.2. The van der Waals surface area contributed by atoms with Gasteiger partial charge in [-0.3, -0.25) is 4.79 Å². The van der Waals surface area contributed by atoms with Crippen molar-refractivity contribution in [1.29, 1.82) is 0 Å². The fourth-order valence-corrected chi connectivity index (χ4v) is 4.69. The van der Waals surface area contributed by atoms with Crippen LogP contribution in [0, 0.1) is 12.3 Å². The van der Waals surface area contributed by atoms with E-state index in [0.717, 1.165) is 33.2 Å². The molecular formula is C34H26N4O2. The van der Waals surface area contributed by atoms with E-state index < -0.39 is 0 Å². The van der Waals surface area contributed by atoms with Crippen molar-refractivity contribution in [3.05, 3.63) is 108 Å². The number of benzene rings is 4. The van der Waals surface area contributed by atoms with Crippen molar-refractivity contribution >= 4 is 27.7 Å². The number of hydrogen-bond acceptors (Lipinski definition) is 5. The van der Waals surface area contributed by atoms with Gasteiger partial charge in [-0.15, -0.1) is 6.42 Å². The van der Waals surface area contributed by atoms with Crippen molar-refractivity contribution in [2.24, 2.45) is 0 Å². The lowest BCUT2D eigenvalue weighted by atomic mass is 9.99. The minimum Gasteiger partial charge on any atom is -0.481 e. The Bertz CT molecular complexity index is 1900. The second-order valence-electron chi connectivity index (χ2n) is 9.86. The Morgan fingerprint density at radius 1 is 0.875 bits per heavy atom. The summed E-state index contributed by atoms with van der Waals surface area (Å²) in [6, 6.07) is 28.8. The zero-order chi connectivity index (χ0) is 27.6. The molecule has 6 nitrogen and oxygen atoms in total. The monoisotopic (exact) mass is 522 g/mol. The van der Waals surface area contributed by atoms with E-state index in [2.05, 4.69) is 49.0 Å². The summed E-state index contributed by atoms with van der Waals surface area (Å²) in [7, 11) is 0. The molecule has 40 heavy (non-hydrogen) atoms. The van der Waals surface area contributed by atoms with Gasteiger partial charge in [0.15, 0.2) is 17.4 Å². The van der Waals surface area contributed by atoms with Crippen LogP contribution in [0.15, 0.2) is 91.0 Å². The van der Waals surface area contributed by atoms with Gasteiger partial charge in [-0.1, -0.05) is 74.4 Å². The van der Waals surface area contributed by atoms with E-state index in [0.29, 0.717) is 34.4 Å². The summed E-state index contributed by atoms with van der Waals surface area (Å²) in [6.07, 6.45) is 5.39. The molecule has 0 aliphatic carbocycles. The number of carbonyl (C=O) groups excluding carboxylic acids is 1. The Labute approximate surface area is 232 Å². The van der Waals surface area contributed by atoms with Crippen LogP contribution < -0.4 is 4.74 Å². The molecule has 0 radical (unpaired) electrons. The van der Waals surface area contributed by atoms with Gasteiger partial charge >= 0.3 is 0 Å². The highest BCUT2D eigenvalue weighted by Gasteiger charge is 2.17. The third kappa shape index (κ3) is 4.81. The lowest BCUT2D eigenvalue weighted by molar-refractivity contribution is 0.103. The number of aromatic nitrogens is 4. The number of terminal acetylenes is 1. The Morgan fingerprint density at radius 3 is 2.40 bits per heavy atom. The molecule has 0 unspecified atom stereocenters. The molecule has 0 bridgehead atoms. The Morgan fingerprint density at radius 2 is 1.65 bits per heavy atom. The van der Waals surface area contributed by atoms with E-state index in [-0.39, 0.29) is 12.4 Å². The summed E-state index contributed by atoms with van der Waals surface area (Å²) in [5, 5.41) is 0.849. The molecule has 0 saturated heterocycles. The number of ether oxygens (including phenoxy) is 1. The second-order valence-corrected chi connectivity index (χ2v) is 9.86. The molecular weight excluding hydrogens is 496 g/mol. The molecule has 0 aliphatic rings. The fourth-order valence-electron chi connectivity index (χ4n) is 4.69. The molecule has 0 saturated carbocycles. The maximum Gasteiger partial charge on any atom is 0.196 e. The molecule has 1 N–H and O–H groups in total. The third-order valence-corrected chi connectivity index (χ3v) is 6.83. The lowest BCUT2D eigenvalue weighted by Gasteiger charge is -2.11. The summed E-state index contributed by atoms with van der Waals surface area (Å²) >= 11 is 0.